The van der Waals surface area contributed by atoms with Gasteiger partial charge >= 0.3 is 0 Å². The van der Waals surface area contributed by atoms with Crippen LogP contribution in [0.15, 0.2) is 36.5 Å². The van der Waals surface area contributed by atoms with Crippen molar-refractivity contribution in [2.45, 2.75) is 26.9 Å². The Balaban J connectivity index is 2.08. The average Bonchev–Trinajstić information content (AvgIpc) is 2.84. The Labute approximate surface area is 115 Å². The van der Waals surface area contributed by atoms with Crippen molar-refractivity contribution in [2.75, 3.05) is 24.3 Å². The van der Waals surface area contributed by atoms with E-state index in [9.17, 15) is 0 Å². The van der Waals surface area contributed by atoms with Gasteiger partial charge in [0.15, 0.2) is 0 Å². The van der Waals surface area contributed by atoms with Gasteiger partial charge in [0.1, 0.15) is 0 Å². The third kappa shape index (κ3) is 3.11. The molecule has 1 heterocycles. The van der Waals surface area contributed by atoms with E-state index in [0.29, 0.717) is 0 Å². The summed E-state index contributed by atoms with van der Waals surface area (Å²) in [6.07, 6.45) is 2.12. The van der Waals surface area contributed by atoms with Gasteiger partial charge in [-0.05, 0) is 49.7 Å². The third-order valence-corrected chi connectivity index (χ3v) is 3.45. The summed E-state index contributed by atoms with van der Waals surface area (Å²) in [4.78, 5) is 2.12. The molecular formula is C16H23N3. The van der Waals surface area contributed by atoms with Crippen LogP contribution in [0.3, 0.4) is 0 Å². The van der Waals surface area contributed by atoms with Gasteiger partial charge in [-0.3, -0.25) is 0 Å². The number of rotatable bonds is 5. The zero-order valence-electron chi connectivity index (χ0n) is 12.3. The second kappa shape index (κ2) is 5.83. The molecule has 0 aliphatic heterocycles. The summed E-state index contributed by atoms with van der Waals surface area (Å²) < 4.78 is 2.26. The summed E-state index contributed by atoms with van der Waals surface area (Å²) in [7, 11) is 4.13. The van der Waals surface area contributed by atoms with Crippen LogP contribution in [0.2, 0.25) is 0 Å². The van der Waals surface area contributed by atoms with Gasteiger partial charge in [-0.1, -0.05) is 0 Å². The maximum Gasteiger partial charge on any atom is 0.0553 e. The Bertz CT molecular complexity index is 541. The van der Waals surface area contributed by atoms with E-state index < -0.39 is 0 Å². The minimum atomic E-state index is 0.864. The van der Waals surface area contributed by atoms with E-state index in [0.717, 1.165) is 13.1 Å². The summed E-state index contributed by atoms with van der Waals surface area (Å²) in [6.45, 7) is 6.19. The summed E-state index contributed by atoms with van der Waals surface area (Å²) in [5.74, 6) is 0. The molecule has 2 rings (SSSR count). The van der Waals surface area contributed by atoms with Crippen LogP contribution in [0.1, 0.15) is 18.2 Å². The molecule has 3 heteroatoms. The molecule has 0 unspecified atom stereocenters. The SMILES string of the molecule is CCn1cccc1CNc1ccc(N(C)C)cc1C. The highest BCUT2D eigenvalue weighted by Gasteiger charge is 2.03. The first-order valence-corrected chi connectivity index (χ1v) is 6.77. The predicted molar refractivity (Wildman–Crippen MR) is 82.9 cm³/mol. The predicted octanol–water partition coefficient (Wildman–Crippen LogP) is 3.49. The Hall–Kier alpha value is -1.90. The van der Waals surface area contributed by atoms with Gasteiger partial charge in [0.2, 0.25) is 0 Å². The van der Waals surface area contributed by atoms with Crippen molar-refractivity contribution in [2.24, 2.45) is 0 Å². The van der Waals surface area contributed by atoms with Crippen LogP contribution in [-0.2, 0) is 13.1 Å². The molecule has 2 aromatic rings. The summed E-state index contributed by atoms with van der Waals surface area (Å²) in [5.41, 5.74) is 5.04. The molecule has 0 radical (unpaired) electrons. The molecule has 0 amide bonds. The normalized spacial score (nSPS) is 10.5. The highest BCUT2D eigenvalue weighted by atomic mass is 15.1. The van der Waals surface area contributed by atoms with Crippen molar-refractivity contribution >= 4 is 11.4 Å². The van der Waals surface area contributed by atoms with Gasteiger partial charge in [-0.2, -0.15) is 0 Å². The largest absolute Gasteiger partial charge is 0.379 e. The maximum atomic E-state index is 3.52. The fraction of sp³-hybridized carbons (Fsp3) is 0.375. The van der Waals surface area contributed by atoms with Crippen molar-refractivity contribution < 1.29 is 0 Å². The zero-order chi connectivity index (χ0) is 13.8. The molecule has 0 saturated heterocycles. The van der Waals surface area contributed by atoms with Crippen LogP contribution in [0.5, 0.6) is 0 Å². The number of hydrogen-bond donors (Lipinski definition) is 1. The molecule has 3 nitrogen and oxygen atoms in total. The minimum absolute atomic E-state index is 0.864. The number of nitrogens with one attached hydrogen (secondary N) is 1. The van der Waals surface area contributed by atoms with E-state index in [1.807, 2.05) is 0 Å². The average molecular weight is 257 g/mol. The zero-order valence-corrected chi connectivity index (χ0v) is 12.3. The van der Waals surface area contributed by atoms with Crippen molar-refractivity contribution in [3.63, 3.8) is 0 Å². The second-order valence-electron chi connectivity index (χ2n) is 5.03. The lowest BCUT2D eigenvalue weighted by atomic mass is 10.1. The number of aryl methyl sites for hydroxylation is 2. The lowest BCUT2D eigenvalue weighted by Gasteiger charge is -2.16. The molecule has 0 spiro atoms. The van der Waals surface area contributed by atoms with Crippen LogP contribution in [0.25, 0.3) is 0 Å². The van der Waals surface area contributed by atoms with Gasteiger partial charge in [0, 0.05) is 43.9 Å². The molecule has 1 aromatic carbocycles. The molecule has 1 aromatic heterocycles. The van der Waals surface area contributed by atoms with E-state index in [4.69, 9.17) is 0 Å². The monoisotopic (exact) mass is 257 g/mol. The lowest BCUT2D eigenvalue weighted by molar-refractivity contribution is 0.724. The molecule has 102 valence electrons. The van der Waals surface area contributed by atoms with E-state index in [2.05, 4.69) is 79.3 Å². The van der Waals surface area contributed by atoms with Crippen molar-refractivity contribution in [3.8, 4) is 0 Å². The molecule has 0 bridgehead atoms. The molecule has 0 aliphatic carbocycles. The molecule has 0 saturated carbocycles. The van der Waals surface area contributed by atoms with Gasteiger partial charge in [-0.25, -0.2) is 0 Å². The second-order valence-corrected chi connectivity index (χ2v) is 5.03. The van der Waals surface area contributed by atoms with Crippen LogP contribution in [0.4, 0.5) is 11.4 Å². The van der Waals surface area contributed by atoms with E-state index in [1.165, 1.54) is 22.6 Å². The first-order chi connectivity index (χ1) is 9.11. The van der Waals surface area contributed by atoms with Crippen LogP contribution >= 0.6 is 0 Å². The molecule has 1 N–H and O–H groups in total. The quantitative estimate of drug-likeness (QED) is 0.884. The van der Waals surface area contributed by atoms with Crippen molar-refractivity contribution in [1.82, 2.24) is 4.57 Å². The molecular weight excluding hydrogens is 234 g/mol. The third-order valence-electron chi connectivity index (χ3n) is 3.45. The highest BCUT2D eigenvalue weighted by Crippen LogP contribution is 2.21. The first kappa shape index (κ1) is 13.5. The first-order valence-electron chi connectivity index (χ1n) is 6.77. The van der Waals surface area contributed by atoms with Crippen LogP contribution in [-0.4, -0.2) is 18.7 Å². The van der Waals surface area contributed by atoms with E-state index >= 15 is 0 Å². The summed E-state index contributed by atoms with van der Waals surface area (Å²) >= 11 is 0. The Morgan fingerprint density at radius 2 is 2.00 bits per heavy atom. The lowest BCUT2D eigenvalue weighted by Crippen LogP contribution is -2.10. The summed E-state index contributed by atoms with van der Waals surface area (Å²) in [5, 5.41) is 3.52. The van der Waals surface area contributed by atoms with E-state index in [1.54, 1.807) is 0 Å². The van der Waals surface area contributed by atoms with Crippen molar-refractivity contribution in [1.29, 1.82) is 0 Å². The molecule has 0 aliphatic rings. The fourth-order valence-electron chi connectivity index (χ4n) is 2.23. The number of aromatic nitrogens is 1. The molecule has 19 heavy (non-hydrogen) atoms. The standard InChI is InChI=1S/C16H23N3/c1-5-19-10-6-7-15(19)12-17-16-9-8-14(18(3)4)11-13(16)2/h6-11,17H,5,12H2,1-4H3. The smallest absolute Gasteiger partial charge is 0.0553 e. The Morgan fingerprint density at radius 1 is 1.21 bits per heavy atom. The Kier molecular flexibility index (Phi) is 4.15. The minimum Gasteiger partial charge on any atom is -0.379 e. The van der Waals surface area contributed by atoms with Crippen LogP contribution in [0, 0.1) is 6.92 Å². The van der Waals surface area contributed by atoms with E-state index in [-0.39, 0.29) is 0 Å². The fourth-order valence-corrected chi connectivity index (χ4v) is 2.23. The number of anilines is 2. The van der Waals surface area contributed by atoms with Gasteiger partial charge in [-0.15, -0.1) is 0 Å². The van der Waals surface area contributed by atoms with Gasteiger partial charge in [0.05, 0.1) is 6.54 Å². The van der Waals surface area contributed by atoms with Gasteiger partial charge < -0.3 is 14.8 Å². The number of hydrogen-bond acceptors (Lipinski definition) is 2. The number of nitrogens with zero attached hydrogens (tertiary/aromatic N) is 2. The van der Waals surface area contributed by atoms with Crippen LogP contribution < -0.4 is 10.2 Å². The van der Waals surface area contributed by atoms with Gasteiger partial charge in [0.25, 0.3) is 0 Å². The topological polar surface area (TPSA) is 20.2 Å². The molecule has 0 atom stereocenters. The Morgan fingerprint density at radius 3 is 2.63 bits per heavy atom. The van der Waals surface area contributed by atoms with Crippen molar-refractivity contribution in [3.05, 3.63) is 47.8 Å². The summed E-state index contributed by atoms with van der Waals surface area (Å²) in [6, 6.07) is 10.8. The highest BCUT2D eigenvalue weighted by molar-refractivity contribution is 5.59. The number of benzene rings is 1. The molecule has 0 fully saturated rings. The maximum absolute atomic E-state index is 3.52.